The highest BCUT2D eigenvalue weighted by atomic mass is 16.4. The first kappa shape index (κ1) is 29.3. The summed E-state index contributed by atoms with van der Waals surface area (Å²) in [6.45, 7) is 0.580. The topological polar surface area (TPSA) is 124 Å². The molecule has 0 radical (unpaired) electrons. The Bertz CT molecular complexity index is 636. The SMILES string of the molecule is O=C(O)CCCC=CCC=CCC=CCC=CCCCCCN[C@@H](CCC(=O)O)C(=O)O. The first-order valence-electron chi connectivity index (χ1n) is 11.4. The van der Waals surface area contributed by atoms with Crippen molar-refractivity contribution >= 4 is 17.9 Å². The minimum atomic E-state index is -1.00. The largest absolute Gasteiger partial charge is 0.481 e. The average Bonchev–Trinajstić information content (AvgIpc) is 2.73. The van der Waals surface area contributed by atoms with E-state index in [9.17, 15) is 14.4 Å². The fourth-order valence-electron chi connectivity index (χ4n) is 2.84. The third-order valence-corrected chi connectivity index (χ3v) is 4.63. The highest BCUT2D eigenvalue weighted by Gasteiger charge is 2.17. The predicted octanol–water partition coefficient (Wildman–Crippen LogP) is 5.10. The molecule has 4 N–H and O–H groups in total. The average molecular weight is 450 g/mol. The molecule has 7 nitrogen and oxygen atoms in total. The van der Waals surface area contributed by atoms with Crippen molar-refractivity contribution in [3.05, 3.63) is 48.6 Å². The molecule has 180 valence electrons. The second-order valence-electron chi connectivity index (χ2n) is 7.51. The van der Waals surface area contributed by atoms with E-state index in [2.05, 4.69) is 47.8 Å². The van der Waals surface area contributed by atoms with Crippen LogP contribution < -0.4 is 5.32 Å². The number of carboxylic acid groups (broad SMARTS) is 3. The van der Waals surface area contributed by atoms with E-state index in [1.54, 1.807) is 0 Å². The molecule has 7 heteroatoms. The summed E-state index contributed by atoms with van der Waals surface area (Å²) >= 11 is 0. The third kappa shape index (κ3) is 22.0. The molecule has 0 aromatic rings. The van der Waals surface area contributed by atoms with Crippen LogP contribution in [-0.2, 0) is 14.4 Å². The van der Waals surface area contributed by atoms with E-state index in [0.717, 1.165) is 51.4 Å². The number of allylic oxidation sites excluding steroid dienone is 8. The van der Waals surface area contributed by atoms with Gasteiger partial charge in [-0.05, 0) is 64.3 Å². The summed E-state index contributed by atoms with van der Waals surface area (Å²) in [4.78, 5) is 32.0. The Morgan fingerprint density at radius 1 is 0.625 bits per heavy atom. The van der Waals surface area contributed by atoms with Gasteiger partial charge in [0, 0.05) is 12.8 Å². The van der Waals surface area contributed by atoms with Gasteiger partial charge in [-0.1, -0.05) is 55.0 Å². The van der Waals surface area contributed by atoms with Crippen LogP contribution in [0.4, 0.5) is 0 Å². The van der Waals surface area contributed by atoms with Crippen LogP contribution in [0.3, 0.4) is 0 Å². The molecule has 0 bridgehead atoms. The number of carboxylic acids is 3. The zero-order chi connectivity index (χ0) is 23.9. The van der Waals surface area contributed by atoms with Crippen molar-refractivity contribution in [2.45, 2.75) is 83.1 Å². The van der Waals surface area contributed by atoms with Gasteiger partial charge >= 0.3 is 17.9 Å². The zero-order valence-electron chi connectivity index (χ0n) is 19.0. The number of aliphatic carboxylic acids is 3. The van der Waals surface area contributed by atoms with E-state index in [0.29, 0.717) is 13.0 Å². The smallest absolute Gasteiger partial charge is 0.320 e. The first-order valence-corrected chi connectivity index (χ1v) is 11.4. The molecule has 0 aromatic carbocycles. The summed E-state index contributed by atoms with van der Waals surface area (Å²) in [5, 5.41) is 29.2. The third-order valence-electron chi connectivity index (χ3n) is 4.63. The molecule has 0 rings (SSSR count). The Morgan fingerprint density at radius 3 is 1.62 bits per heavy atom. The summed E-state index contributed by atoms with van der Waals surface area (Å²) in [5.74, 6) is -2.72. The molecule has 0 unspecified atom stereocenters. The van der Waals surface area contributed by atoms with Gasteiger partial charge in [-0.15, -0.1) is 0 Å². The minimum absolute atomic E-state index is 0.101. The molecule has 0 aliphatic heterocycles. The molecule has 0 amide bonds. The molecular formula is C25H39NO6. The van der Waals surface area contributed by atoms with Crippen molar-refractivity contribution in [1.29, 1.82) is 0 Å². The second-order valence-corrected chi connectivity index (χ2v) is 7.51. The van der Waals surface area contributed by atoms with Crippen LogP contribution in [0.15, 0.2) is 48.6 Å². The van der Waals surface area contributed by atoms with Gasteiger partial charge in [0.1, 0.15) is 6.04 Å². The molecule has 0 aliphatic carbocycles. The first-order chi connectivity index (χ1) is 15.4. The van der Waals surface area contributed by atoms with E-state index >= 15 is 0 Å². The number of unbranched alkanes of at least 4 members (excludes halogenated alkanes) is 4. The van der Waals surface area contributed by atoms with Crippen LogP contribution in [0.2, 0.25) is 0 Å². The number of rotatable bonds is 21. The van der Waals surface area contributed by atoms with Gasteiger partial charge in [0.25, 0.3) is 0 Å². The van der Waals surface area contributed by atoms with Crippen molar-refractivity contribution in [3.8, 4) is 0 Å². The number of hydrogen-bond acceptors (Lipinski definition) is 4. The highest BCUT2D eigenvalue weighted by molar-refractivity contribution is 5.75. The van der Waals surface area contributed by atoms with Crippen molar-refractivity contribution in [1.82, 2.24) is 5.32 Å². The van der Waals surface area contributed by atoms with Gasteiger partial charge in [-0.3, -0.25) is 14.4 Å². The molecule has 0 fully saturated rings. The molecule has 0 aromatic heterocycles. The summed E-state index contributed by atoms with van der Waals surface area (Å²) in [7, 11) is 0. The van der Waals surface area contributed by atoms with Crippen LogP contribution in [-0.4, -0.2) is 45.8 Å². The fraction of sp³-hybridized carbons (Fsp3) is 0.560. The van der Waals surface area contributed by atoms with Crippen LogP contribution in [0.5, 0.6) is 0 Å². The second kappa shape index (κ2) is 21.6. The minimum Gasteiger partial charge on any atom is -0.481 e. The monoisotopic (exact) mass is 449 g/mol. The number of nitrogens with one attached hydrogen (secondary N) is 1. The molecular weight excluding hydrogens is 410 g/mol. The normalized spacial score (nSPS) is 13.0. The standard InChI is InChI=1S/C25H39NO6/c27-23(28)18-16-14-12-10-8-6-4-2-1-3-5-7-9-11-13-15-17-21-26-22(25(31)32)19-20-24(29)30/h1,3-4,6-7,9-10,12,22,26H,2,5,8,11,13-21H2,(H,27,28)(H,29,30)(H,31,32)/t22-/m0/s1. The highest BCUT2D eigenvalue weighted by Crippen LogP contribution is 2.03. The van der Waals surface area contributed by atoms with E-state index in [1.165, 1.54) is 0 Å². The molecule has 0 saturated carbocycles. The summed E-state index contributed by atoms with van der Waals surface area (Å²) in [6.07, 6.45) is 25.1. The summed E-state index contributed by atoms with van der Waals surface area (Å²) in [6, 6.07) is -0.792. The maximum atomic E-state index is 11.1. The Kier molecular flexibility index (Phi) is 19.8. The van der Waals surface area contributed by atoms with Gasteiger partial charge < -0.3 is 20.6 Å². The lowest BCUT2D eigenvalue weighted by molar-refractivity contribution is -0.141. The Balaban J connectivity index is 3.58. The molecule has 0 aliphatic rings. The molecule has 32 heavy (non-hydrogen) atoms. The van der Waals surface area contributed by atoms with E-state index in [1.807, 2.05) is 6.08 Å². The Labute approximate surface area is 191 Å². The van der Waals surface area contributed by atoms with Crippen molar-refractivity contribution < 1.29 is 29.7 Å². The number of hydrogen-bond donors (Lipinski definition) is 4. The maximum Gasteiger partial charge on any atom is 0.320 e. The lowest BCUT2D eigenvalue weighted by Gasteiger charge is -2.13. The molecule has 0 saturated heterocycles. The van der Waals surface area contributed by atoms with Gasteiger partial charge in [0.2, 0.25) is 0 Å². The fourth-order valence-corrected chi connectivity index (χ4v) is 2.84. The van der Waals surface area contributed by atoms with Crippen LogP contribution in [0, 0.1) is 0 Å². The lowest BCUT2D eigenvalue weighted by Crippen LogP contribution is -2.37. The lowest BCUT2D eigenvalue weighted by atomic mass is 10.1. The van der Waals surface area contributed by atoms with Crippen molar-refractivity contribution in [2.75, 3.05) is 6.54 Å². The molecule has 0 heterocycles. The van der Waals surface area contributed by atoms with Crippen LogP contribution >= 0.6 is 0 Å². The number of carbonyl (C=O) groups is 3. The van der Waals surface area contributed by atoms with Gasteiger partial charge in [-0.2, -0.15) is 0 Å². The van der Waals surface area contributed by atoms with E-state index in [-0.39, 0.29) is 19.3 Å². The summed E-state index contributed by atoms with van der Waals surface area (Å²) < 4.78 is 0. The Morgan fingerprint density at radius 2 is 1.12 bits per heavy atom. The molecule has 1 atom stereocenters. The quantitative estimate of drug-likeness (QED) is 0.142. The van der Waals surface area contributed by atoms with E-state index < -0.39 is 23.9 Å². The van der Waals surface area contributed by atoms with Crippen molar-refractivity contribution in [3.63, 3.8) is 0 Å². The van der Waals surface area contributed by atoms with Gasteiger partial charge in [0.05, 0.1) is 0 Å². The Hall–Kier alpha value is -2.67. The summed E-state index contributed by atoms with van der Waals surface area (Å²) in [5.41, 5.74) is 0. The van der Waals surface area contributed by atoms with Gasteiger partial charge in [-0.25, -0.2) is 0 Å². The molecule has 0 spiro atoms. The van der Waals surface area contributed by atoms with Crippen LogP contribution in [0.25, 0.3) is 0 Å². The van der Waals surface area contributed by atoms with Gasteiger partial charge in [0.15, 0.2) is 0 Å². The predicted molar refractivity (Wildman–Crippen MR) is 127 cm³/mol. The van der Waals surface area contributed by atoms with Crippen LogP contribution in [0.1, 0.15) is 77.0 Å². The van der Waals surface area contributed by atoms with E-state index in [4.69, 9.17) is 15.3 Å². The maximum absolute atomic E-state index is 11.1. The zero-order valence-corrected chi connectivity index (χ0v) is 19.0. The van der Waals surface area contributed by atoms with Crippen molar-refractivity contribution in [2.24, 2.45) is 0 Å².